The quantitative estimate of drug-likeness (QED) is 0.455. The van der Waals surface area contributed by atoms with Gasteiger partial charge in [-0.3, -0.25) is 0 Å². The summed E-state index contributed by atoms with van der Waals surface area (Å²) in [5, 5.41) is 0. The maximum atomic E-state index is 2.32. The molecule has 0 amide bonds. The Kier molecular flexibility index (Phi) is 13.7. The molecule has 0 saturated heterocycles. The largest absolute Gasteiger partial charge is 0.0885 e. The van der Waals surface area contributed by atoms with E-state index < -0.39 is 0 Å². The van der Waals surface area contributed by atoms with Gasteiger partial charge in [0.1, 0.15) is 0 Å². The molecule has 0 aliphatic heterocycles. The van der Waals surface area contributed by atoms with Crippen LogP contribution in [0.5, 0.6) is 0 Å². The van der Waals surface area contributed by atoms with Gasteiger partial charge < -0.3 is 0 Å². The molecular formula is C8H14Ir2. The first-order valence-corrected chi connectivity index (χ1v) is 3.65. The summed E-state index contributed by atoms with van der Waals surface area (Å²) in [7, 11) is 0. The average molecular weight is 495 g/mol. The standard InChI is InChI=1S/C8H14.2Ir/c1-2-4-6-8-7-5-3-1;;/h1-2H,3-8H2;;. The molecular weight excluding hydrogens is 481 g/mol. The first-order chi connectivity index (χ1) is 4.00. The zero-order valence-electron chi connectivity index (χ0n) is 6.06. The number of rotatable bonds is 0. The summed E-state index contributed by atoms with van der Waals surface area (Å²) < 4.78 is 0. The summed E-state index contributed by atoms with van der Waals surface area (Å²) in [6.07, 6.45) is 13.0. The molecule has 2 heteroatoms. The van der Waals surface area contributed by atoms with Crippen LogP contribution in [-0.4, -0.2) is 0 Å². The van der Waals surface area contributed by atoms with Gasteiger partial charge in [0.25, 0.3) is 0 Å². The molecule has 0 atom stereocenters. The molecule has 0 fully saturated rings. The third-order valence-electron chi connectivity index (χ3n) is 1.66. The van der Waals surface area contributed by atoms with Crippen molar-refractivity contribution in [1.82, 2.24) is 0 Å². The smallest absolute Gasteiger partial charge is 0 e. The van der Waals surface area contributed by atoms with Crippen molar-refractivity contribution in [1.29, 1.82) is 0 Å². The van der Waals surface area contributed by atoms with Crippen LogP contribution < -0.4 is 0 Å². The van der Waals surface area contributed by atoms with E-state index in [0.29, 0.717) is 0 Å². The van der Waals surface area contributed by atoms with Crippen molar-refractivity contribution in [3.05, 3.63) is 12.2 Å². The van der Waals surface area contributed by atoms with Gasteiger partial charge >= 0.3 is 0 Å². The summed E-state index contributed by atoms with van der Waals surface area (Å²) in [5.41, 5.74) is 0. The van der Waals surface area contributed by atoms with Crippen LogP contribution in [0.25, 0.3) is 0 Å². The van der Waals surface area contributed by atoms with Gasteiger partial charge in [-0.1, -0.05) is 25.0 Å². The Morgan fingerprint density at radius 3 is 1.40 bits per heavy atom. The van der Waals surface area contributed by atoms with Crippen LogP contribution in [0.4, 0.5) is 0 Å². The molecule has 64 valence electrons. The summed E-state index contributed by atoms with van der Waals surface area (Å²) in [6.45, 7) is 0. The molecule has 1 aliphatic rings. The van der Waals surface area contributed by atoms with E-state index in [1.165, 1.54) is 38.5 Å². The Balaban J connectivity index is 0. The summed E-state index contributed by atoms with van der Waals surface area (Å²) in [4.78, 5) is 0. The van der Waals surface area contributed by atoms with Gasteiger partial charge in [-0.05, 0) is 25.7 Å². The Hall–Kier alpha value is 1.04. The second-order valence-electron chi connectivity index (χ2n) is 2.46. The van der Waals surface area contributed by atoms with Crippen molar-refractivity contribution in [3.63, 3.8) is 0 Å². The summed E-state index contributed by atoms with van der Waals surface area (Å²) in [5.74, 6) is 0. The fourth-order valence-electron chi connectivity index (χ4n) is 1.11. The molecule has 0 N–H and O–H groups in total. The first kappa shape index (κ1) is 13.6. The zero-order valence-corrected chi connectivity index (χ0v) is 10.9. The fourth-order valence-corrected chi connectivity index (χ4v) is 1.11. The topological polar surface area (TPSA) is 0 Å². The van der Waals surface area contributed by atoms with Crippen molar-refractivity contribution in [2.24, 2.45) is 0 Å². The van der Waals surface area contributed by atoms with Crippen LogP contribution in [0.15, 0.2) is 12.2 Å². The van der Waals surface area contributed by atoms with Gasteiger partial charge in [-0.25, -0.2) is 0 Å². The molecule has 0 heterocycles. The molecule has 0 bridgehead atoms. The van der Waals surface area contributed by atoms with Crippen molar-refractivity contribution in [2.75, 3.05) is 0 Å². The molecule has 1 rings (SSSR count). The van der Waals surface area contributed by atoms with Crippen molar-refractivity contribution in [2.45, 2.75) is 38.5 Å². The second-order valence-corrected chi connectivity index (χ2v) is 2.46. The maximum absolute atomic E-state index is 2.32. The zero-order chi connectivity index (χ0) is 5.66. The number of hydrogen-bond donors (Lipinski definition) is 0. The predicted molar refractivity (Wildman–Crippen MR) is 36.8 cm³/mol. The third kappa shape index (κ3) is 7.15. The minimum atomic E-state index is 0. The molecule has 0 aromatic carbocycles. The van der Waals surface area contributed by atoms with Gasteiger partial charge in [0.15, 0.2) is 0 Å². The van der Waals surface area contributed by atoms with E-state index in [-0.39, 0.29) is 40.2 Å². The van der Waals surface area contributed by atoms with E-state index in [0.717, 1.165) is 0 Å². The minimum Gasteiger partial charge on any atom is -0.0885 e. The van der Waals surface area contributed by atoms with Crippen molar-refractivity contribution < 1.29 is 40.2 Å². The maximum Gasteiger partial charge on any atom is 0 e. The molecule has 1 aliphatic carbocycles. The van der Waals surface area contributed by atoms with E-state index in [2.05, 4.69) is 12.2 Å². The van der Waals surface area contributed by atoms with Crippen LogP contribution >= 0.6 is 0 Å². The molecule has 0 unspecified atom stereocenters. The fraction of sp³-hybridized carbons (Fsp3) is 0.750. The Morgan fingerprint density at radius 2 is 1.00 bits per heavy atom. The first-order valence-electron chi connectivity index (χ1n) is 3.65. The second kappa shape index (κ2) is 10.0. The van der Waals surface area contributed by atoms with Crippen LogP contribution in [0.1, 0.15) is 38.5 Å². The minimum absolute atomic E-state index is 0. The molecule has 0 aromatic heterocycles. The van der Waals surface area contributed by atoms with Gasteiger partial charge in [0.05, 0.1) is 0 Å². The normalized spacial score (nSPS) is 17.6. The molecule has 0 aromatic rings. The average Bonchev–Trinajstić information content (AvgIpc) is 1.62. The monoisotopic (exact) mass is 496 g/mol. The van der Waals surface area contributed by atoms with E-state index in [9.17, 15) is 0 Å². The SMILES string of the molecule is C1=CCCCCCC1.[Ir].[Ir]. The number of allylic oxidation sites excluding steroid dienone is 2. The van der Waals surface area contributed by atoms with Gasteiger partial charge in [0, 0.05) is 40.2 Å². The van der Waals surface area contributed by atoms with Gasteiger partial charge in [0.2, 0.25) is 0 Å². The van der Waals surface area contributed by atoms with Crippen LogP contribution in [0, 0.1) is 0 Å². The van der Waals surface area contributed by atoms with Crippen LogP contribution in [0.3, 0.4) is 0 Å². The van der Waals surface area contributed by atoms with Crippen LogP contribution in [0.2, 0.25) is 0 Å². The Bertz CT molecular complexity index is 69.3. The van der Waals surface area contributed by atoms with E-state index in [4.69, 9.17) is 0 Å². The summed E-state index contributed by atoms with van der Waals surface area (Å²) in [6, 6.07) is 0. The van der Waals surface area contributed by atoms with E-state index >= 15 is 0 Å². The Labute approximate surface area is 90.6 Å². The van der Waals surface area contributed by atoms with E-state index in [1.54, 1.807) is 0 Å². The predicted octanol–water partition coefficient (Wildman–Crippen LogP) is 2.89. The van der Waals surface area contributed by atoms with Crippen LogP contribution in [-0.2, 0) is 40.2 Å². The van der Waals surface area contributed by atoms with Crippen molar-refractivity contribution >= 4 is 0 Å². The van der Waals surface area contributed by atoms with Gasteiger partial charge in [-0.2, -0.15) is 0 Å². The number of hydrogen-bond acceptors (Lipinski definition) is 0. The Morgan fingerprint density at radius 1 is 0.600 bits per heavy atom. The van der Waals surface area contributed by atoms with E-state index in [1.807, 2.05) is 0 Å². The molecule has 0 nitrogen and oxygen atoms in total. The third-order valence-corrected chi connectivity index (χ3v) is 1.66. The summed E-state index contributed by atoms with van der Waals surface area (Å²) >= 11 is 0. The molecule has 0 spiro atoms. The van der Waals surface area contributed by atoms with Gasteiger partial charge in [-0.15, -0.1) is 0 Å². The molecule has 0 saturated carbocycles. The van der Waals surface area contributed by atoms with Crippen molar-refractivity contribution in [3.8, 4) is 0 Å². The molecule has 10 heavy (non-hydrogen) atoms. The molecule has 2 radical (unpaired) electrons.